The summed E-state index contributed by atoms with van der Waals surface area (Å²) < 4.78 is 29.4. The van der Waals surface area contributed by atoms with Gasteiger partial charge in [-0.3, -0.25) is 9.78 Å². The number of aliphatic hydroxyl groups excluding tert-OH is 1. The van der Waals surface area contributed by atoms with Gasteiger partial charge >= 0.3 is 0 Å². The number of pyridine rings is 1. The number of rotatable bonds is 4. The zero-order valence-corrected chi connectivity index (χ0v) is 14.6. The smallest absolute Gasteiger partial charge is 0.195 e. The van der Waals surface area contributed by atoms with Crippen LogP contribution >= 0.6 is 23.2 Å². The van der Waals surface area contributed by atoms with E-state index in [9.17, 15) is 14.3 Å². The normalized spacial score (nSPS) is 22.5. The molecular formula is C18H15Cl2F2NO2. The molecule has 2 aromatic rings. The molecule has 1 aromatic heterocycles. The van der Waals surface area contributed by atoms with Crippen LogP contribution in [0.2, 0.25) is 10.0 Å². The molecule has 1 aliphatic rings. The molecule has 1 N–H and O–H groups in total. The average Bonchev–Trinajstić information content (AvgIpc) is 2.57. The Morgan fingerprint density at radius 2 is 2.16 bits per heavy atom. The Bertz CT molecular complexity index is 807. The van der Waals surface area contributed by atoms with Crippen molar-refractivity contribution in [1.82, 2.24) is 4.98 Å². The molecule has 0 saturated carbocycles. The summed E-state index contributed by atoms with van der Waals surface area (Å²) in [4.78, 5) is 16.6. The third-order valence-corrected chi connectivity index (χ3v) is 5.05. The second-order valence-electron chi connectivity index (χ2n) is 6.06. The van der Waals surface area contributed by atoms with Crippen LogP contribution in [0.1, 0.15) is 42.2 Å². The van der Waals surface area contributed by atoms with Crippen LogP contribution in [0.4, 0.5) is 8.78 Å². The minimum Gasteiger partial charge on any atom is -0.387 e. The lowest BCUT2D eigenvalue weighted by Gasteiger charge is -2.32. The van der Waals surface area contributed by atoms with Gasteiger partial charge in [0.1, 0.15) is 5.82 Å². The molecule has 0 bridgehead atoms. The van der Waals surface area contributed by atoms with Crippen molar-refractivity contribution in [2.24, 2.45) is 0 Å². The quantitative estimate of drug-likeness (QED) is 0.827. The van der Waals surface area contributed by atoms with Crippen LogP contribution in [0.5, 0.6) is 0 Å². The number of benzene rings is 1. The van der Waals surface area contributed by atoms with Crippen molar-refractivity contribution >= 4 is 29.0 Å². The molecule has 0 saturated heterocycles. The molecule has 0 aliphatic heterocycles. The van der Waals surface area contributed by atoms with E-state index in [4.69, 9.17) is 23.2 Å². The van der Waals surface area contributed by atoms with Gasteiger partial charge in [-0.1, -0.05) is 29.3 Å². The first kappa shape index (κ1) is 18.2. The predicted molar refractivity (Wildman–Crippen MR) is 91.0 cm³/mol. The minimum atomic E-state index is -2.24. The van der Waals surface area contributed by atoms with Crippen molar-refractivity contribution in [1.29, 1.82) is 0 Å². The van der Waals surface area contributed by atoms with Crippen molar-refractivity contribution in [3.63, 3.8) is 0 Å². The number of alkyl halides is 1. The summed E-state index contributed by atoms with van der Waals surface area (Å²) >= 11 is 11.7. The highest BCUT2D eigenvalue weighted by atomic mass is 35.5. The molecule has 2 atom stereocenters. The second-order valence-corrected chi connectivity index (χ2v) is 6.91. The largest absolute Gasteiger partial charge is 0.387 e. The van der Waals surface area contributed by atoms with E-state index in [2.05, 4.69) is 4.98 Å². The number of fused-ring (bicyclic) bond motifs is 1. The van der Waals surface area contributed by atoms with Crippen LogP contribution in [0.25, 0.3) is 0 Å². The Morgan fingerprint density at radius 1 is 1.40 bits per heavy atom. The van der Waals surface area contributed by atoms with Gasteiger partial charge in [0.2, 0.25) is 0 Å². The van der Waals surface area contributed by atoms with E-state index in [1.54, 1.807) is 0 Å². The Kier molecular flexibility index (Phi) is 5.09. The number of aromatic nitrogens is 1. The predicted octanol–water partition coefficient (Wildman–Crippen LogP) is 4.72. The number of Topliss-reactive ketones (excluding diaryl/α,β-unsaturated/α-hetero) is 1. The number of aliphatic hydroxyl groups is 1. The summed E-state index contributed by atoms with van der Waals surface area (Å²) in [5, 5.41) is 10.2. The summed E-state index contributed by atoms with van der Waals surface area (Å²) in [6, 6.07) is 5.47. The SMILES string of the molecule is O=C(CCc1c(F)cc(Cl)cc1Cl)[C@]1(F)CC[C@@H](O)c2ncccc21. The van der Waals surface area contributed by atoms with Gasteiger partial charge in [-0.2, -0.15) is 0 Å². The van der Waals surface area contributed by atoms with Crippen LogP contribution in [0, 0.1) is 5.82 Å². The Morgan fingerprint density at radius 3 is 2.88 bits per heavy atom. The fourth-order valence-corrected chi connectivity index (χ4v) is 3.73. The highest BCUT2D eigenvalue weighted by molar-refractivity contribution is 6.35. The van der Waals surface area contributed by atoms with Crippen molar-refractivity contribution in [2.45, 2.75) is 37.5 Å². The number of hydrogen-bond donors (Lipinski definition) is 1. The maximum atomic E-state index is 15.5. The van der Waals surface area contributed by atoms with Gasteiger partial charge < -0.3 is 5.11 Å². The third-order valence-electron chi connectivity index (χ3n) is 4.49. The van der Waals surface area contributed by atoms with Gasteiger partial charge in [-0.15, -0.1) is 0 Å². The first-order valence-corrected chi connectivity index (χ1v) is 8.57. The third kappa shape index (κ3) is 3.41. The van der Waals surface area contributed by atoms with Gasteiger partial charge in [0.25, 0.3) is 0 Å². The summed E-state index contributed by atoms with van der Waals surface area (Å²) in [5.74, 6) is -1.31. The van der Waals surface area contributed by atoms with Crippen molar-refractivity contribution in [3.8, 4) is 0 Å². The monoisotopic (exact) mass is 385 g/mol. The van der Waals surface area contributed by atoms with Gasteiger partial charge in [0, 0.05) is 33.8 Å². The molecule has 1 aromatic carbocycles. The molecular weight excluding hydrogens is 371 g/mol. The summed E-state index contributed by atoms with van der Waals surface area (Å²) in [7, 11) is 0. The number of halogens is 4. The fourth-order valence-electron chi connectivity index (χ4n) is 3.16. The average molecular weight is 386 g/mol. The lowest BCUT2D eigenvalue weighted by atomic mass is 9.77. The zero-order valence-electron chi connectivity index (χ0n) is 13.1. The van der Waals surface area contributed by atoms with Gasteiger partial charge in [0.05, 0.1) is 11.8 Å². The molecule has 0 amide bonds. The summed E-state index contributed by atoms with van der Waals surface area (Å²) in [6.07, 6.45) is 0.256. The second kappa shape index (κ2) is 6.98. The summed E-state index contributed by atoms with van der Waals surface area (Å²) in [5.41, 5.74) is -1.84. The molecule has 0 unspecified atom stereocenters. The van der Waals surface area contributed by atoms with Crippen LogP contribution in [-0.4, -0.2) is 15.9 Å². The Balaban J connectivity index is 1.84. The highest BCUT2D eigenvalue weighted by Crippen LogP contribution is 2.43. The van der Waals surface area contributed by atoms with E-state index in [0.717, 1.165) is 6.07 Å². The number of carbonyl (C=O) groups is 1. The van der Waals surface area contributed by atoms with Crippen LogP contribution in [-0.2, 0) is 16.9 Å². The van der Waals surface area contributed by atoms with E-state index >= 15 is 4.39 Å². The number of ketones is 1. The van der Waals surface area contributed by atoms with Crippen molar-refractivity contribution in [2.75, 3.05) is 0 Å². The van der Waals surface area contributed by atoms with Crippen LogP contribution in [0.15, 0.2) is 30.5 Å². The Labute approximate surface area is 153 Å². The fraction of sp³-hybridized carbons (Fsp3) is 0.333. The van der Waals surface area contributed by atoms with E-state index in [0.29, 0.717) is 0 Å². The molecule has 25 heavy (non-hydrogen) atoms. The minimum absolute atomic E-state index is 0.0372. The van der Waals surface area contributed by atoms with E-state index in [-0.39, 0.29) is 52.5 Å². The van der Waals surface area contributed by atoms with E-state index in [1.807, 2.05) is 0 Å². The molecule has 0 spiro atoms. The first-order chi connectivity index (χ1) is 11.8. The van der Waals surface area contributed by atoms with Crippen LogP contribution in [0.3, 0.4) is 0 Å². The van der Waals surface area contributed by atoms with Gasteiger partial charge in [0.15, 0.2) is 11.5 Å². The number of carbonyl (C=O) groups excluding carboxylic acids is 1. The molecule has 1 aliphatic carbocycles. The van der Waals surface area contributed by atoms with E-state index in [1.165, 1.54) is 24.4 Å². The van der Waals surface area contributed by atoms with Gasteiger partial charge in [-0.05, 0) is 37.5 Å². The molecule has 1 heterocycles. The topological polar surface area (TPSA) is 50.2 Å². The maximum Gasteiger partial charge on any atom is 0.195 e. The Hall–Kier alpha value is -1.56. The molecule has 0 radical (unpaired) electrons. The lowest BCUT2D eigenvalue weighted by molar-refractivity contribution is -0.133. The highest BCUT2D eigenvalue weighted by Gasteiger charge is 2.45. The standard InChI is InChI=1S/C18H15Cl2F2NO2/c19-10-8-13(20)11(14(21)9-10)3-4-16(25)18(22)6-5-15(24)17-12(18)2-1-7-23-17/h1-2,7-9,15,24H,3-6H2/t15-,18+/m1/s1. The van der Waals surface area contributed by atoms with Crippen molar-refractivity contribution < 1.29 is 18.7 Å². The van der Waals surface area contributed by atoms with E-state index < -0.39 is 23.4 Å². The first-order valence-electron chi connectivity index (χ1n) is 7.82. The van der Waals surface area contributed by atoms with Crippen LogP contribution < -0.4 is 0 Å². The number of hydrogen-bond acceptors (Lipinski definition) is 3. The zero-order chi connectivity index (χ0) is 18.2. The molecule has 3 nitrogen and oxygen atoms in total. The molecule has 132 valence electrons. The summed E-state index contributed by atoms with van der Waals surface area (Å²) in [6.45, 7) is 0. The lowest BCUT2D eigenvalue weighted by Crippen LogP contribution is -2.37. The molecule has 3 rings (SSSR count). The molecule has 7 heteroatoms. The maximum absolute atomic E-state index is 15.5. The van der Waals surface area contributed by atoms with Gasteiger partial charge in [-0.25, -0.2) is 8.78 Å². The van der Waals surface area contributed by atoms with Crippen molar-refractivity contribution in [3.05, 3.63) is 63.1 Å². The molecule has 0 fully saturated rings. The number of nitrogens with zero attached hydrogens (tertiary/aromatic N) is 1.